The van der Waals surface area contributed by atoms with Crippen molar-refractivity contribution >= 4 is 39.5 Å². The molecular formula is C14H18N4O2S2. The van der Waals surface area contributed by atoms with Crippen molar-refractivity contribution in [2.45, 2.75) is 33.1 Å². The number of nitrogens with zero attached hydrogens (tertiary/aromatic N) is 2. The lowest BCUT2D eigenvalue weighted by Crippen LogP contribution is -2.14. The van der Waals surface area contributed by atoms with E-state index in [1.54, 1.807) is 18.3 Å². The summed E-state index contributed by atoms with van der Waals surface area (Å²) in [5, 5.41) is 6.06. The van der Waals surface area contributed by atoms with E-state index in [1.807, 2.05) is 5.38 Å². The summed E-state index contributed by atoms with van der Waals surface area (Å²) in [6, 6.07) is 0. The Balaban J connectivity index is 1.94. The molecule has 2 aromatic heterocycles. The second-order valence-corrected chi connectivity index (χ2v) is 6.78. The lowest BCUT2D eigenvalue weighted by atomic mass is 10.3. The molecule has 0 atom stereocenters. The molecule has 2 heterocycles. The standard InChI is InChI=1S/C14H18N4O2S2/c1-8-13(9(2)19)22-14(16-8)18-11(20)6-10-7-21-12(17-10)4-3-5-15/h7H,3-6,15H2,1-2H3,(H,16,18,20). The summed E-state index contributed by atoms with van der Waals surface area (Å²) in [4.78, 5) is 32.6. The minimum absolute atomic E-state index is 0.0421. The molecule has 0 unspecified atom stereocenters. The largest absolute Gasteiger partial charge is 0.330 e. The van der Waals surface area contributed by atoms with Crippen LogP contribution in [0.1, 0.15) is 39.4 Å². The first-order valence-electron chi connectivity index (χ1n) is 6.91. The molecule has 0 bridgehead atoms. The second kappa shape index (κ2) is 7.57. The molecule has 6 nitrogen and oxygen atoms in total. The maximum absolute atomic E-state index is 12.0. The Morgan fingerprint density at radius 2 is 2.14 bits per heavy atom. The minimum Gasteiger partial charge on any atom is -0.330 e. The number of carbonyl (C=O) groups is 2. The van der Waals surface area contributed by atoms with Crippen molar-refractivity contribution < 1.29 is 9.59 Å². The highest BCUT2D eigenvalue weighted by atomic mass is 32.1. The van der Waals surface area contributed by atoms with Crippen LogP contribution in [-0.4, -0.2) is 28.2 Å². The van der Waals surface area contributed by atoms with E-state index in [-0.39, 0.29) is 18.1 Å². The summed E-state index contributed by atoms with van der Waals surface area (Å²) in [6.45, 7) is 3.88. The number of aryl methyl sites for hydroxylation is 2. The molecule has 0 radical (unpaired) electrons. The minimum atomic E-state index is -0.181. The first-order valence-corrected chi connectivity index (χ1v) is 8.60. The molecule has 118 valence electrons. The van der Waals surface area contributed by atoms with E-state index in [0.717, 1.165) is 23.5 Å². The number of hydrogen-bond donors (Lipinski definition) is 2. The molecule has 0 aromatic carbocycles. The smallest absolute Gasteiger partial charge is 0.232 e. The van der Waals surface area contributed by atoms with Gasteiger partial charge in [-0.1, -0.05) is 11.3 Å². The number of nitrogens with two attached hydrogens (primary N) is 1. The van der Waals surface area contributed by atoms with Crippen LogP contribution in [0.2, 0.25) is 0 Å². The van der Waals surface area contributed by atoms with E-state index < -0.39 is 0 Å². The van der Waals surface area contributed by atoms with Crippen LogP contribution in [0, 0.1) is 6.92 Å². The third kappa shape index (κ3) is 4.43. The van der Waals surface area contributed by atoms with Gasteiger partial charge in [-0.25, -0.2) is 9.97 Å². The molecule has 22 heavy (non-hydrogen) atoms. The monoisotopic (exact) mass is 338 g/mol. The first-order chi connectivity index (χ1) is 10.5. The fourth-order valence-electron chi connectivity index (χ4n) is 1.90. The number of aromatic nitrogens is 2. The van der Waals surface area contributed by atoms with Crippen LogP contribution in [0.25, 0.3) is 0 Å². The molecule has 3 N–H and O–H groups in total. The van der Waals surface area contributed by atoms with E-state index in [9.17, 15) is 9.59 Å². The van der Waals surface area contributed by atoms with Crippen molar-refractivity contribution in [3.8, 4) is 0 Å². The predicted molar refractivity (Wildman–Crippen MR) is 88.7 cm³/mol. The molecule has 2 rings (SSSR count). The van der Waals surface area contributed by atoms with Crippen LogP contribution >= 0.6 is 22.7 Å². The molecular weight excluding hydrogens is 320 g/mol. The fraction of sp³-hybridized carbons (Fsp3) is 0.429. The summed E-state index contributed by atoms with van der Waals surface area (Å²) < 4.78 is 0. The van der Waals surface area contributed by atoms with Gasteiger partial charge in [-0.2, -0.15) is 0 Å². The van der Waals surface area contributed by atoms with Gasteiger partial charge in [0.25, 0.3) is 0 Å². The molecule has 0 aliphatic rings. The number of thiazole rings is 2. The molecule has 0 saturated heterocycles. The van der Waals surface area contributed by atoms with E-state index in [2.05, 4.69) is 15.3 Å². The van der Waals surface area contributed by atoms with E-state index in [4.69, 9.17) is 5.73 Å². The second-order valence-electron chi connectivity index (χ2n) is 4.84. The number of Topliss-reactive ketones (excluding diaryl/α,β-unsaturated/α-hetero) is 1. The third-order valence-corrected chi connectivity index (χ3v) is 5.03. The average Bonchev–Trinajstić information content (AvgIpc) is 3.03. The molecule has 0 aliphatic carbocycles. The molecule has 0 saturated carbocycles. The zero-order chi connectivity index (χ0) is 16.1. The average molecular weight is 338 g/mol. The zero-order valence-electron chi connectivity index (χ0n) is 12.5. The first kappa shape index (κ1) is 16.7. The molecule has 8 heteroatoms. The van der Waals surface area contributed by atoms with E-state index >= 15 is 0 Å². The van der Waals surface area contributed by atoms with E-state index in [0.29, 0.717) is 22.2 Å². The highest BCUT2D eigenvalue weighted by Gasteiger charge is 2.14. The molecule has 0 spiro atoms. The normalized spacial score (nSPS) is 10.7. The Morgan fingerprint density at radius 3 is 2.77 bits per heavy atom. The Kier molecular flexibility index (Phi) is 5.76. The molecule has 0 aliphatic heterocycles. The summed E-state index contributed by atoms with van der Waals surface area (Å²) in [7, 11) is 0. The van der Waals surface area contributed by atoms with E-state index in [1.165, 1.54) is 18.3 Å². The van der Waals surface area contributed by atoms with Crippen LogP contribution in [-0.2, 0) is 17.6 Å². The fourth-order valence-corrected chi connectivity index (χ4v) is 3.62. The van der Waals surface area contributed by atoms with Gasteiger partial charge in [-0.15, -0.1) is 11.3 Å². The molecule has 0 fully saturated rings. The van der Waals surface area contributed by atoms with Gasteiger partial charge < -0.3 is 11.1 Å². The van der Waals surface area contributed by atoms with Crippen LogP contribution in [0.15, 0.2) is 5.38 Å². The summed E-state index contributed by atoms with van der Waals surface area (Å²) in [5.41, 5.74) is 6.86. The highest BCUT2D eigenvalue weighted by Crippen LogP contribution is 2.23. The third-order valence-electron chi connectivity index (χ3n) is 2.90. The number of rotatable bonds is 7. The lowest BCUT2D eigenvalue weighted by Gasteiger charge is -1.99. The van der Waals surface area contributed by atoms with Gasteiger partial charge in [0.05, 0.1) is 27.7 Å². The van der Waals surface area contributed by atoms with Gasteiger partial charge >= 0.3 is 0 Å². The van der Waals surface area contributed by atoms with Crippen molar-refractivity contribution in [2.75, 3.05) is 11.9 Å². The Labute approximate surface area is 136 Å². The maximum Gasteiger partial charge on any atom is 0.232 e. The number of ketones is 1. The van der Waals surface area contributed by atoms with Gasteiger partial charge in [-0.05, 0) is 19.9 Å². The van der Waals surface area contributed by atoms with Crippen molar-refractivity contribution in [3.63, 3.8) is 0 Å². The van der Waals surface area contributed by atoms with Crippen molar-refractivity contribution in [3.05, 3.63) is 26.7 Å². The van der Waals surface area contributed by atoms with Gasteiger partial charge in [0.15, 0.2) is 10.9 Å². The summed E-state index contributed by atoms with van der Waals surface area (Å²) in [6.07, 6.45) is 1.94. The lowest BCUT2D eigenvalue weighted by molar-refractivity contribution is -0.115. The van der Waals surface area contributed by atoms with Gasteiger partial charge in [-0.3, -0.25) is 9.59 Å². The zero-order valence-corrected chi connectivity index (χ0v) is 14.1. The van der Waals surface area contributed by atoms with Crippen molar-refractivity contribution in [1.82, 2.24) is 9.97 Å². The van der Waals surface area contributed by atoms with Crippen LogP contribution < -0.4 is 11.1 Å². The predicted octanol–water partition coefficient (Wildman–Crippen LogP) is 2.18. The summed E-state index contributed by atoms with van der Waals surface area (Å²) >= 11 is 2.74. The topological polar surface area (TPSA) is 98.0 Å². The Hall–Kier alpha value is -1.64. The van der Waals surface area contributed by atoms with Crippen LogP contribution in [0.5, 0.6) is 0 Å². The number of carbonyl (C=O) groups excluding carboxylic acids is 2. The highest BCUT2D eigenvalue weighted by molar-refractivity contribution is 7.17. The van der Waals surface area contributed by atoms with Gasteiger partial charge in [0.1, 0.15) is 0 Å². The number of nitrogens with one attached hydrogen (secondary N) is 1. The van der Waals surface area contributed by atoms with Gasteiger partial charge in [0.2, 0.25) is 5.91 Å². The van der Waals surface area contributed by atoms with Crippen LogP contribution in [0.3, 0.4) is 0 Å². The Morgan fingerprint density at radius 1 is 1.36 bits per heavy atom. The number of hydrogen-bond acceptors (Lipinski definition) is 7. The number of amides is 1. The van der Waals surface area contributed by atoms with Gasteiger partial charge in [0, 0.05) is 18.7 Å². The molecule has 1 amide bonds. The van der Waals surface area contributed by atoms with Crippen molar-refractivity contribution in [1.29, 1.82) is 0 Å². The van der Waals surface area contributed by atoms with Crippen LogP contribution in [0.4, 0.5) is 5.13 Å². The SMILES string of the molecule is CC(=O)c1sc(NC(=O)Cc2csc(CCCN)n2)nc1C. The quantitative estimate of drug-likeness (QED) is 0.754. The summed E-state index contributed by atoms with van der Waals surface area (Å²) in [5.74, 6) is -0.223. The van der Waals surface area contributed by atoms with Crippen molar-refractivity contribution in [2.24, 2.45) is 5.73 Å². The maximum atomic E-state index is 12.0. The Bertz CT molecular complexity index is 678. The molecule has 2 aromatic rings. The number of anilines is 1.